The zero-order valence-corrected chi connectivity index (χ0v) is 25.7. The number of nitrogens with zero attached hydrogens (tertiary/aromatic N) is 7. The van der Waals surface area contributed by atoms with E-state index in [4.69, 9.17) is 0 Å². The highest BCUT2D eigenvalue weighted by molar-refractivity contribution is 9.10. The topological polar surface area (TPSA) is 127 Å². The van der Waals surface area contributed by atoms with E-state index in [1.165, 1.54) is 6.92 Å². The number of benzene rings is 1. The summed E-state index contributed by atoms with van der Waals surface area (Å²) in [4.78, 5) is 50.6. The van der Waals surface area contributed by atoms with Crippen LogP contribution in [-0.2, 0) is 16.1 Å². The fourth-order valence-corrected chi connectivity index (χ4v) is 6.59. The highest BCUT2D eigenvalue weighted by Crippen LogP contribution is 2.59. The van der Waals surface area contributed by atoms with Crippen molar-refractivity contribution in [2.24, 2.45) is 5.41 Å². The number of halogens is 1. The van der Waals surface area contributed by atoms with Crippen LogP contribution < -0.4 is 5.32 Å². The standard InChI is InChI=1S/C31H29BrN8O3/c1-16-5-8-25(32)34-29(16)35-30(43)23-11-31(4)12-24(31)40(23)27(42)15-38-22-7-6-19(10-21(22)28(37-38)18(3)41)20-13-33-26-9-17(2)36-39(26)14-20/h5-10,13-14,23-24H,11-12,15H2,1-4H3,(H,34,35,43)/t23-,24?,31-/m0/s1. The van der Waals surface area contributed by atoms with E-state index in [1.807, 2.05) is 56.4 Å². The first-order valence-corrected chi connectivity index (χ1v) is 14.9. The van der Waals surface area contributed by atoms with E-state index >= 15 is 0 Å². The van der Waals surface area contributed by atoms with Crippen LogP contribution in [-0.4, -0.2) is 63.9 Å². The maximum atomic E-state index is 13.9. The molecule has 12 heteroatoms. The monoisotopic (exact) mass is 640 g/mol. The molecule has 1 saturated heterocycles. The maximum absolute atomic E-state index is 13.9. The normalized spacial score (nSPS) is 20.9. The number of carbonyl (C=O) groups excluding carboxylic acids is 3. The molecule has 4 aromatic heterocycles. The highest BCUT2D eigenvalue weighted by atomic mass is 79.9. The molecule has 3 atom stereocenters. The van der Waals surface area contributed by atoms with Crippen molar-refractivity contribution in [3.05, 3.63) is 70.3 Å². The van der Waals surface area contributed by atoms with E-state index in [1.54, 1.807) is 20.3 Å². The van der Waals surface area contributed by atoms with Crippen molar-refractivity contribution >= 4 is 55.9 Å². The third-order valence-electron chi connectivity index (χ3n) is 8.67. The van der Waals surface area contributed by atoms with Crippen LogP contribution in [0.2, 0.25) is 0 Å². The number of piperidine rings is 1. The number of pyridine rings is 1. The molecule has 1 saturated carbocycles. The van der Waals surface area contributed by atoms with Crippen LogP contribution in [0.4, 0.5) is 5.82 Å². The maximum Gasteiger partial charge on any atom is 0.248 e. The smallest absolute Gasteiger partial charge is 0.248 e. The molecule has 1 aliphatic heterocycles. The van der Waals surface area contributed by atoms with Crippen LogP contribution >= 0.6 is 15.9 Å². The van der Waals surface area contributed by atoms with Gasteiger partial charge in [0.2, 0.25) is 11.8 Å². The summed E-state index contributed by atoms with van der Waals surface area (Å²) in [6, 6.07) is 10.6. The van der Waals surface area contributed by atoms with Gasteiger partial charge in [0.15, 0.2) is 11.4 Å². The van der Waals surface area contributed by atoms with Gasteiger partial charge in [0.1, 0.15) is 28.7 Å². The molecular formula is C31H29BrN8O3. The van der Waals surface area contributed by atoms with Gasteiger partial charge in [0.25, 0.3) is 0 Å². The van der Waals surface area contributed by atoms with Crippen LogP contribution in [0.5, 0.6) is 0 Å². The Morgan fingerprint density at radius 3 is 2.67 bits per heavy atom. The minimum Gasteiger partial charge on any atom is -0.325 e. The largest absolute Gasteiger partial charge is 0.325 e. The van der Waals surface area contributed by atoms with Crippen molar-refractivity contribution in [1.29, 1.82) is 0 Å². The van der Waals surface area contributed by atoms with E-state index in [0.29, 0.717) is 27.7 Å². The fraction of sp³-hybridized carbons (Fsp3) is 0.323. The summed E-state index contributed by atoms with van der Waals surface area (Å²) >= 11 is 3.36. The van der Waals surface area contributed by atoms with Gasteiger partial charge >= 0.3 is 0 Å². The minimum absolute atomic E-state index is 0.0126. The van der Waals surface area contributed by atoms with E-state index in [2.05, 4.69) is 48.3 Å². The zero-order valence-electron chi connectivity index (χ0n) is 24.1. The van der Waals surface area contributed by atoms with E-state index in [0.717, 1.165) is 34.5 Å². The van der Waals surface area contributed by atoms with Gasteiger partial charge in [-0.2, -0.15) is 10.2 Å². The van der Waals surface area contributed by atoms with Crippen LogP contribution in [0.3, 0.4) is 0 Å². The number of aryl methyl sites for hydroxylation is 2. The second-order valence-electron chi connectivity index (χ2n) is 11.9. The van der Waals surface area contributed by atoms with Gasteiger partial charge in [-0.15, -0.1) is 0 Å². The second kappa shape index (κ2) is 9.80. The van der Waals surface area contributed by atoms with Crippen molar-refractivity contribution in [1.82, 2.24) is 34.3 Å². The molecule has 2 fully saturated rings. The quantitative estimate of drug-likeness (QED) is 0.210. The van der Waals surface area contributed by atoms with Gasteiger partial charge in [0.05, 0.1) is 11.2 Å². The average Bonchev–Trinajstić information content (AvgIpc) is 3.24. The molecule has 1 aromatic carbocycles. The molecule has 2 amide bonds. The average molecular weight is 642 g/mol. The Kier molecular flexibility index (Phi) is 6.24. The number of hydrogen-bond acceptors (Lipinski definition) is 7. The predicted molar refractivity (Wildman–Crippen MR) is 164 cm³/mol. The Balaban J connectivity index is 1.18. The van der Waals surface area contributed by atoms with Gasteiger partial charge in [0, 0.05) is 42.4 Å². The first-order valence-electron chi connectivity index (χ1n) is 14.1. The van der Waals surface area contributed by atoms with Gasteiger partial charge in [-0.1, -0.05) is 19.1 Å². The zero-order chi connectivity index (χ0) is 30.2. The van der Waals surface area contributed by atoms with E-state index in [9.17, 15) is 14.4 Å². The molecule has 7 rings (SSSR count). The Hall–Kier alpha value is -4.45. The lowest BCUT2D eigenvalue weighted by molar-refractivity contribution is -0.138. The van der Waals surface area contributed by atoms with Crippen molar-refractivity contribution < 1.29 is 14.4 Å². The Labute approximate surface area is 255 Å². The van der Waals surface area contributed by atoms with Gasteiger partial charge in [-0.25, -0.2) is 14.5 Å². The molecule has 43 heavy (non-hydrogen) atoms. The number of Topliss-reactive ketones (excluding diaryl/α,β-unsaturated/α-hetero) is 1. The summed E-state index contributed by atoms with van der Waals surface area (Å²) in [7, 11) is 0. The van der Waals surface area contributed by atoms with E-state index in [-0.39, 0.29) is 41.3 Å². The van der Waals surface area contributed by atoms with Gasteiger partial charge in [-0.3, -0.25) is 19.1 Å². The number of carbonyl (C=O) groups is 3. The molecule has 2 aliphatic rings. The number of amides is 2. The molecule has 1 unspecified atom stereocenters. The van der Waals surface area contributed by atoms with Crippen LogP contribution in [0.25, 0.3) is 27.7 Å². The number of rotatable bonds is 6. The third kappa shape index (κ3) is 4.69. The van der Waals surface area contributed by atoms with E-state index < -0.39 is 6.04 Å². The summed E-state index contributed by atoms with van der Waals surface area (Å²) in [6.07, 6.45) is 5.11. The number of aromatic nitrogens is 6. The lowest BCUT2D eigenvalue weighted by atomic mass is 10.0. The molecule has 5 heterocycles. The molecule has 5 aromatic rings. The number of likely N-dealkylation sites (tertiary alicyclic amines) is 1. The Morgan fingerprint density at radius 2 is 1.88 bits per heavy atom. The lowest BCUT2D eigenvalue weighted by Crippen LogP contribution is -2.47. The Bertz CT molecular complexity index is 2000. The summed E-state index contributed by atoms with van der Waals surface area (Å²) in [5.74, 6) is -0.199. The molecule has 1 N–H and O–H groups in total. The van der Waals surface area contributed by atoms with Crippen LogP contribution in [0.1, 0.15) is 48.4 Å². The summed E-state index contributed by atoms with van der Waals surface area (Å²) in [5, 5.41) is 12.6. The summed E-state index contributed by atoms with van der Waals surface area (Å²) < 4.78 is 3.92. The molecule has 0 radical (unpaired) electrons. The van der Waals surface area contributed by atoms with Crippen LogP contribution in [0.15, 0.2) is 53.4 Å². The molecule has 0 spiro atoms. The molecule has 11 nitrogen and oxygen atoms in total. The SMILES string of the molecule is CC(=O)c1nn(CC(=O)N2C3C[C@]3(C)C[C@H]2C(=O)Nc2nc(Br)ccc2C)c2ccc(-c3cnc4cc(C)nn4c3)cc12. The number of hydrogen-bond donors (Lipinski definition) is 1. The third-order valence-corrected chi connectivity index (χ3v) is 9.11. The van der Waals surface area contributed by atoms with Gasteiger partial charge in [-0.05, 0) is 77.4 Å². The number of fused-ring (bicyclic) bond motifs is 3. The second-order valence-corrected chi connectivity index (χ2v) is 12.7. The van der Waals surface area contributed by atoms with Crippen molar-refractivity contribution in [2.75, 3.05) is 5.32 Å². The van der Waals surface area contributed by atoms with Crippen molar-refractivity contribution in [2.45, 2.75) is 59.2 Å². The number of anilines is 1. The van der Waals surface area contributed by atoms with Gasteiger partial charge < -0.3 is 10.2 Å². The van der Waals surface area contributed by atoms with Crippen molar-refractivity contribution in [3.8, 4) is 11.1 Å². The van der Waals surface area contributed by atoms with Crippen molar-refractivity contribution in [3.63, 3.8) is 0 Å². The lowest BCUT2D eigenvalue weighted by Gasteiger charge is -2.27. The first kappa shape index (κ1) is 27.4. The molecule has 0 bridgehead atoms. The minimum atomic E-state index is -0.620. The first-order chi connectivity index (χ1) is 20.5. The molecule has 1 aliphatic carbocycles. The predicted octanol–water partition coefficient (Wildman–Crippen LogP) is 4.74. The summed E-state index contributed by atoms with van der Waals surface area (Å²) in [6.45, 7) is 7.28. The number of nitrogens with one attached hydrogen (secondary N) is 1. The molecular weight excluding hydrogens is 612 g/mol. The molecule has 218 valence electrons. The van der Waals surface area contributed by atoms with Crippen LogP contribution in [0, 0.1) is 19.3 Å². The Morgan fingerprint density at radius 1 is 1.07 bits per heavy atom. The fourth-order valence-electron chi connectivity index (χ4n) is 6.29. The number of ketones is 1. The highest BCUT2D eigenvalue weighted by Gasteiger charge is 2.64. The summed E-state index contributed by atoms with van der Waals surface area (Å²) in [5.41, 5.74) is 5.01.